The van der Waals surface area contributed by atoms with Crippen LogP contribution in [0.2, 0.25) is 0 Å². The Morgan fingerprint density at radius 1 is 1.07 bits per heavy atom. The van der Waals surface area contributed by atoms with Crippen LogP contribution in [-0.4, -0.2) is 37.2 Å². The second kappa shape index (κ2) is 9.32. The van der Waals surface area contributed by atoms with Gasteiger partial charge in [0.2, 0.25) is 0 Å². The van der Waals surface area contributed by atoms with Gasteiger partial charge in [0, 0.05) is 35.6 Å². The van der Waals surface area contributed by atoms with Gasteiger partial charge in [0.25, 0.3) is 5.91 Å². The normalized spacial score (nSPS) is 13.9. The van der Waals surface area contributed by atoms with Crippen molar-refractivity contribution in [1.82, 2.24) is 4.98 Å². The highest BCUT2D eigenvalue weighted by Gasteiger charge is 2.15. The number of hydrogen-bond donors (Lipinski definition) is 1. The molecule has 1 amide bonds. The minimum Gasteiger partial charge on any atom is -0.378 e. The number of pyridine rings is 1. The Kier molecular flexibility index (Phi) is 6.35. The maximum atomic E-state index is 13.0. The van der Waals surface area contributed by atoms with E-state index >= 15 is 0 Å². The van der Waals surface area contributed by atoms with Crippen LogP contribution < -0.4 is 10.2 Å². The lowest BCUT2D eigenvalue weighted by Gasteiger charge is -2.28. The monoisotopic (exact) mass is 419 g/mol. The Morgan fingerprint density at radius 2 is 1.83 bits per heavy atom. The molecule has 2 heterocycles. The van der Waals surface area contributed by atoms with Gasteiger partial charge in [-0.3, -0.25) is 4.79 Å². The third-order valence-corrected chi connectivity index (χ3v) is 6.25. The zero-order valence-electron chi connectivity index (χ0n) is 17.2. The largest absolute Gasteiger partial charge is 0.378 e. The molecule has 0 spiro atoms. The Morgan fingerprint density at radius 3 is 2.57 bits per heavy atom. The first-order valence-electron chi connectivity index (χ1n) is 10.0. The van der Waals surface area contributed by atoms with Crippen LogP contribution in [0.15, 0.2) is 70.7 Å². The molecule has 0 aliphatic carbocycles. The molecule has 5 nitrogen and oxygen atoms in total. The van der Waals surface area contributed by atoms with Crippen LogP contribution in [-0.2, 0) is 4.74 Å². The SMILES string of the molecule is Cc1ccc(Sc2ncccc2C(=O)Nc2ccc(N3CCOCC3)cc2)c(C)c1. The predicted molar refractivity (Wildman–Crippen MR) is 122 cm³/mol. The first kappa shape index (κ1) is 20.4. The number of aromatic nitrogens is 1. The van der Waals surface area contributed by atoms with Gasteiger partial charge in [0.05, 0.1) is 18.8 Å². The van der Waals surface area contributed by atoms with Crippen LogP contribution in [0.25, 0.3) is 0 Å². The number of morpholine rings is 1. The summed E-state index contributed by atoms with van der Waals surface area (Å²) in [5.74, 6) is -0.158. The number of nitrogens with one attached hydrogen (secondary N) is 1. The van der Waals surface area contributed by atoms with Gasteiger partial charge in [-0.15, -0.1) is 0 Å². The lowest BCUT2D eigenvalue weighted by Crippen LogP contribution is -2.36. The zero-order valence-corrected chi connectivity index (χ0v) is 18.0. The highest BCUT2D eigenvalue weighted by Crippen LogP contribution is 2.32. The van der Waals surface area contributed by atoms with E-state index in [-0.39, 0.29) is 5.91 Å². The maximum Gasteiger partial charge on any atom is 0.258 e. The Labute approximate surface area is 181 Å². The molecule has 6 heteroatoms. The lowest BCUT2D eigenvalue weighted by atomic mass is 10.2. The molecule has 0 unspecified atom stereocenters. The highest BCUT2D eigenvalue weighted by molar-refractivity contribution is 7.99. The van der Waals surface area contributed by atoms with E-state index in [1.807, 2.05) is 30.3 Å². The van der Waals surface area contributed by atoms with Gasteiger partial charge in [0.15, 0.2) is 0 Å². The van der Waals surface area contributed by atoms with Gasteiger partial charge in [-0.2, -0.15) is 0 Å². The molecule has 4 rings (SSSR count). The fourth-order valence-corrected chi connectivity index (χ4v) is 4.39. The van der Waals surface area contributed by atoms with Gasteiger partial charge in [-0.05, 0) is 61.9 Å². The van der Waals surface area contributed by atoms with Crippen molar-refractivity contribution >= 4 is 29.0 Å². The molecule has 2 aromatic carbocycles. The molecule has 0 atom stereocenters. The van der Waals surface area contributed by atoms with Crippen molar-refractivity contribution in [3.05, 3.63) is 77.5 Å². The van der Waals surface area contributed by atoms with Crippen molar-refractivity contribution < 1.29 is 9.53 Å². The summed E-state index contributed by atoms with van der Waals surface area (Å²) in [7, 11) is 0. The summed E-state index contributed by atoms with van der Waals surface area (Å²) in [6.45, 7) is 7.43. The number of ether oxygens (including phenoxy) is 1. The maximum absolute atomic E-state index is 13.0. The van der Waals surface area contributed by atoms with E-state index in [9.17, 15) is 4.79 Å². The summed E-state index contributed by atoms with van der Waals surface area (Å²) in [6, 6.07) is 17.9. The quantitative estimate of drug-likeness (QED) is 0.635. The van der Waals surface area contributed by atoms with Crippen molar-refractivity contribution in [3.63, 3.8) is 0 Å². The molecule has 154 valence electrons. The van der Waals surface area contributed by atoms with Crippen LogP contribution in [0.5, 0.6) is 0 Å². The molecule has 0 saturated carbocycles. The molecular formula is C24H25N3O2S. The first-order valence-corrected chi connectivity index (χ1v) is 10.9. The molecular weight excluding hydrogens is 394 g/mol. The van der Waals surface area contributed by atoms with Gasteiger partial charge < -0.3 is 15.0 Å². The molecule has 1 aromatic heterocycles. The Hall–Kier alpha value is -2.83. The molecule has 1 aliphatic rings. The average molecular weight is 420 g/mol. The zero-order chi connectivity index (χ0) is 20.9. The molecule has 0 bridgehead atoms. The summed E-state index contributed by atoms with van der Waals surface area (Å²) < 4.78 is 5.41. The number of hydrogen-bond acceptors (Lipinski definition) is 5. The van der Waals surface area contributed by atoms with Crippen LogP contribution in [0.4, 0.5) is 11.4 Å². The number of benzene rings is 2. The van der Waals surface area contributed by atoms with E-state index in [1.165, 1.54) is 22.9 Å². The molecule has 1 N–H and O–H groups in total. The molecule has 30 heavy (non-hydrogen) atoms. The van der Waals surface area contributed by atoms with Crippen molar-refractivity contribution in [2.75, 3.05) is 36.5 Å². The van der Waals surface area contributed by atoms with E-state index in [1.54, 1.807) is 12.3 Å². The predicted octanol–water partition coefficient (Wildman–Crippen LogP) is 4.94. The number of rotatable bonds is 5. The molecule has 3 aromatic rings. The van der Waals surface area contributed by atoms with Crippen LogP contribution in [0, 0.1) is 13.8 Å². The number of carbonyl (C=O) groups excluding carboxylic acids is 1. The fraction of sp³-hybridized carbons (Fsp3) is 0.250. The molecule has 1 saturated heterocycles. The number of aryl methyl sites for hydroxylation is 2. The standard InChI is InChI=1S/C24H25N3O2S/c1-17-5-10-22(18(2)16-17)30-24-21(4-3-11-25-24)23(28)26-19-6-8-20(9-7-19)27-12-14-29-15-13-27/h3-11,16H,12-15H2,1-2H3,(H,26,28). The van der Waals surface area contributed by atoms with Gasteiger partial charge in [0.1, 0.15) is 5.03 Å². The van der Waals surface area contributed by atoms with E-state index in [2.05, 4.69) is 47.2 Å². The third-order valence-electron chi connectivity index (χ3n) is 5.05. The smallest absolute Gasteiger partial charge is 0.258 e. The third kappa shape index (κ3) is 4.83. The summed E-state index contributed by atoms with van der Waals surface area (Å²) >= 11 is 1.52. The molecule has 0 radical (unpaired) electrons. The minimum absolute atomic E-state index is 0.158. The van der Waals surface area contributed by atoms with Crippen molar-refractivity contribution in [2.24, 2.45) is 0 Å². The van der Waals surface area contributed by atoms with Gasteiger partial charge in [-0.25, -0.2) is 4.98 Å². The van der Waals surface area contributed by atoms with E-state index < -0.39 is 0 Å². The first-order chi connectivity index (χ1) is 14.6. The van der Waals surface area contributed by atoms with E-state index in [0.717, 1.165) is 42.6 Å². The van der Waals surface area contributed by atoms with Crippen LogP contribution in [0.3, 0.4) is 0 Å². The number of nitrogens with zero attached hydrogens (tertiary/aromatic N) is 2. The summed E-state index contributed by atoms with van der Waals surface area (Å²) in [5.41, 5.74) is 4.87. The molecule has 1 fully saturated rings. The number of anilines is 2. The van der Waals surface area contributed by atoms with Gasteiger partial charge >= 0.3 is 0 Å². The number of carbonyl (C=O) groups is 1. The minimum atomic E-state index is -0.158. The number of amides is 1. The summed E-state index contributed by atoms with van der Waals surface area (Å²) in [6.07, 6.45) is 1.72. The van der Waals surface area contributed by atoms with Crippen molar-refractivity contribution in [2.45, 2.75) is 23.8 Å². The summed E-state index contributed by atoms with van der Waals surface area (Å²) in [5, 5.41) is 3.70. The Bertz CT molecular complexity index is 1030. The van der Waals surface area contributed by atoms with Gasteiger partial charge in [-0.1, -0.05) is 29.5 Å². The van der Waals surface area contributed by atoms with Crippen LogP contribution in [0.1, 0.15) is 21.5 Å². The van der Waals surface area contributed by atoms with Crippen molar-refractivity contribution in [3.8, 4) is 0 Å². The molecule has 1 aliphatic heterocycles. The summed E-state index contributed by atoms with van der Waals surface area (Å²) in [4.78, 5) is 20.8. The fourth-order valence-electron chi connectivity index (χ4n) is 3.44. The van der Waals surface area contributed by atoms with E-state index in [4.69, 9.17) is 4.74 Å². The van der Waals surface area contributed by atoms with Crippen molar-refractivity contribution in [1.29, 1.82) is 0 Å². The average Bonchev–Trinajstić information content (AvgIpc) is 2.77. The topological polar surface area (TPSA) is 54.5 Å². The second-order valence-corrected chi connectivity index (χ2v) is 8.36. The highest BCUT2D eigenvalue weighted by atomic mass is 32.2. The second-order valence-electron chi connectivity index (χ2n) is 7.33. The van der Waals surface area contributed by atoms with E-state index in [0.29, 0.717) is 10.6 Å². The van der Waals surface area contributed by atoms with Crippen LogP contribution >= 0.6 is 11.8 Å². The lowest BCUT2D eigenvalue weighted by molar-refractivity contribution is 0.102. The Balaban J connectivity index is 1.48.